The van der Waals surface area contributed by atoms with Gasteiger partial charge in [0, 0.05) is 12.4 Å². The maximum atomic E-state index is 12.7. The summed E-state index contributed by atoms with van der Waals surface area (Å²) in [6, 6.07) is 12.0. The van der Waals surface area contributed by atoms with Gasteiger partial charge in [0.25, 0.3) is 0 Å². The second kappa shape index (κ2) is 8.38. The van der Waals surface area contributed by atoms with Gasteiger partial charge in [-0.15, -0.1) is 18.3 Å². The molecular weight excluding hydrogens is 429 g/mol. The van der Waals surface area contributed by atoms with E-state index in [1.807, 2.05) is 6.07 Å². The number of benzene rings is 1. The first kappa shape index (κ1) is 20.9. The van der Waals surface area contributed by atoms with Crippen molar-refractivity contribution in [3.8, 4) is 29.0 Å². The van der Waals surface area contributed by atoms with Crippen LogP contribution in [0.25, 0.3) is 16.8 Å². The number of pyridine rings is 1. The third-order valence-corrected chi connectivity index (χ3v) is 4.28. The zero-order valence-electron chi connectivity index (χ0n) is 16.2. The minimum atomic E-state index is -4.77. The van der Waals surface area contributed by atoms with Crippen molar-refractivity contribution in [2.45, 2.75) is 12.9 Å². The number of aromatic nitrogens is 5. The molecule has 0 aliphatic heterocycles. The highest BCUT2D eigenvalue weighted by Crippen LogP contribution is 2.26. The summed E-state index contributed by atoms with van der Waals surface area (Å²) in [6.45, 7) is 0.158. The molecule has 0 atom stereocenters. The number of rotatable bonds is 6. The van der Waals surface area contributed by atoms with Gasteiger partial charge in [-0.05, 0) is 41.5 Å². The van der Waals surface area contributed by atoms with Gasteiger partial charge in [-0.3, -0.25) is 0 Å². The van der Waals surface area contributed by atoms with Crippen LogP contribution in [0.3, 0.4) is 0 Å². The van der Waals surface area contributed by atoms with E-state index in [9.17, 15) is 18.0 Å². The third kappa shape index (κ3) is 4.67. The summed E-state index contributed by atoms with van der Waals surface area (Å²) in [5, 5.41) is 13.1. The molecule has 0 bridgehead atoms. The van der Waals surface area contributed by atoms with Crippen molar-refractivity contribution in [2.75, 3.05) is 6.61 Å². The Hall–Kier alpha value is -4.40. The normalized spacial score (nSPS) is 11.3. The molecule has 0 unspecified atom stereocenters. The smallest absolute Gasteiger partial charge is 0.461 e. The summed E-state index contributed by atoms with van der Waals surface area (Å²) >= 11 is 0. The summed E-state index contributed by atoms with van der Waals surface area (Å²) in [5.41, 5.74) is 1.33. The molecule has 0 spiro atoms. The number of hydrogen-bond donors (Lipinski definition) is 0. The highest BCUT2D eigenvalue weighted by atomic mass is 19.4. The Morgan fingerprint density at radius 3 is 2.53 bits per heavy atom. The Morgan fingerprint density at radius 1 is 1.06 bits per heavy atom. The van der Waals surface area contributed by atoms with Gasteiger partial charge in [0.1, 0.15) is 24.1 Å². The summed E-state index contributed by atoms with van der Waals surface area (Å²) in [5.74, 6) is -0.336. The number of ether oxygens (including phenoxy) is 2. The van der Waals surface area contributed by atoms with Crippen molar-refractivity contribution in [1.82, 2.24) is 24.1 Å². The first-order chi connectivity index (χ1) is 15.3. The molecule has 0 aliphatic carbocycles. The lowest BCUT2D eigenvalue weighted by molar-refractivity contribution is -0.274. The van der Waals surface area contributed by atoms with E-state index >= 15 is 0 Å². The molecular formula is C20H13F3N6O3. The van der Waals surface area contributed by atoms with E-state index < -0.39 is 12.1 Å². The Morgan fingerprint density at radius 2 is 1.81 bits per heavy atom. The lowest BCUT2D eigenvalue weighted by Crippen LogP contribution is -2.24. The quantitative estimate of drug-likeness (QED) is 0.452. The van der Waals surface area contributed by atoms with E-state index in [4.69, 9.17) is 10.00 Å². The van der Waals surface area contributed by atoms with Gasteiger partial charge >= 0.3 is 18.1 Å². The van der Waals surface area contributed by atoms with Crippen LogP contribution < -0.4 is 15.2 Å². The van der Waals surface area contributed by atoms with Crippen molar-refractivity contribution in [3.05, 3.63) is 71.0 Å². The second-order valence-corrected chi connectivity index (χ2v) is 6.41. The topological polar surface area (TPSA) is 107 Å². The van der Waals surface area contributed by atoms with E-state index in [1.54, 1.807) is 18.3 Å². The Bertz CT molecular complexity index is 1360. The standard InChI is InChI=1S/C20H13F3N6O3/c21-20(22,23)32-16-4-1-13(2-5-16)14-3-6-17-27-29(19(30)28(17)12-14)9-10-31-18-25-8-7-15(11-24)26-18/h1-8,12H,9-10H2. The van der Waals surface area contributed by atoms with Gasteiger partial charge in [-0.25, -0.2) is 18.9 Å². The molecule has 1 aromatic carbocycles. The first-order valence-electron chi connectivity index (χ1n) is 9.14. The van der Waals surface area contributed by atoms with Crippen molar-refractivity contribution in [2.24, 2.45) is 0 Å². The van der Waals surface area contributed by atoms with Gasteiger partial charge in [0.2, 0.25) is 0 Å². The average Bonchev–Trinajstić information content (AvgIpc) is 3.08. The molecule has 0 saturated carbocycles. The molecule has 0 amide bonds. The lowest BCUT2D eigenvalue weighted by atomic mass is 10.1. The maximum Gasteiger partial charge on any atom is 0.573 e. The van der Waals surface area contributed by atoms with Crippen LogP contribution in [0.1, 0.15) is 5.69 Å². The maximum absolute atomic E-state index is 12.7. The van der Waals surface area contributed by atoms with E-state index in [0.717, 1.165) is 0 Å². The molecule has 3 heterocycles. The van der Waals surface area contributed by atoms with Crippen LogP contribution in [-0.2, 0) is 6.54 Å². The summed E-state index contributed by atoms with van der Waals surface area (Å²) < 4.78 is 48.7. The number of alkyl halides is 3. The minimum absolute atomic E-state index is 0.0149. The zero-order chi connectivity index (χ0) is 22.7. The van der Waals surface area contributed by atoms with Crippen molar-refractivity contribution in [1.29, 1.82) is 5.26 Å². The van der Waals surface area contributed by atoms with E-state index in [1.165, 1.54) is 45.6 Å². The number of fused-ring (bicyclic) bond motifs is 1. The zero-order valence-corrected chi connectivity index (χ0v) is 16.2. The molecule has 12 heteroatoms. The van der Waals surface area contributed by atoms with Crippen molar-refractivity contribution < 1.29 is 22.6 Å². The molecule has 0 aliphatic rings. The van der Waals surface area contributed by atoms with E-state index in [2.05, 4.69) is 19.8 Å². The molecule has 4 aromatic rings. The molecule has 0 N–H and O–H groups in total. The molecule has 32 heavy (non-hydrogen) atoms. The monoisotopic (exact) mass is 442 g/mol. The Labute approximate surface area is 177 Å². The van der Waals surface area contributed by atoms with E-state index in [-0.39, 0.29) is 30.6 Å². The number of nitrogens with zero attached hydrogens (tertiary/aromatic N) is 6. The number of halogens is 3. The Balaban J connectivity index is 1.50. The summed E-state index contributed by atoms with van der Waals surface area (Å²) in [6.07, 6.45) is -1.83. The molecule has 0 saturated heterocycles. The van der Waals surface area contributed by atoms with Crippen LogP contribution in [0.15, 0.2) is 59.7 Å². The van der Waals surface area contributed by atoms with Gasteiger partial charge in [-0.1, -0.05) is 12.1 Å². The fourth-order valence-corrected chi connectivity index (χ4v) is 2.88. The third-order valence-electron chi connectivity index (χ3n) is 4.28. The fraction of sp³-hybridized carbons (Fsp3) is 0.150. The molecule has 0 fully saturated rings. The molecule has 4 rings (SSSR count). The SMILES string of the molecule is N#Cc1ccnc(OCCn2nc3ccc(-c4ccc(OC(F)(F)F)cc4)cn3c2=O)n1. The van der Waals surface area contributed by atoms with Crippen LogP contribution in [0.5, 0.6) is 11.8 Å². The van der Waals surface area contributed by atoms with Crippen molar-refractivity contribution in [3.63, 3.8) is 0 Å². The fourth-order valence-electron chi connectivity index (χ4n) is 2.88. The highest BCUT2D eigenvalue weighted by molar-refractivity contribution is 5.65. The summed E-state index contributed by atoms with van der Waals surface area (Å²) in [4.78, 5) is 20.4. The van der Waals surface area contributed by atoms with Gasteiger partial charge in [-0.2, -0.15) is 10.2 Å². The highest BCUT2D eigenvalue weighted by Gasteiger charge is 2.30. The Kier molecular flexibility index (Phi) is 5.46. The molecule has 3 aromatic heterocycles. The van der Waals surface area contributed by atoms with Crippen LogP contribution >= 0.6 is 0 Å². The molecule has 0 radical (unpaired) electrons. The number of hydrogen-bond acceptors (Lipinski definition) is 7. The van der Waals surface area contributed by atoms with Crippen LogP contribution in [-0.4, -0.2) is 37.1 Å². The van der Waals surface area contributed by atoms with Gasteiger partial charge < -0.3 is 9.47 Å². The summed E-state index contributed by atoms with van der Waals surface area (Å²) in [7, 11) is 0. The van der Waals surface area contributed by atoms with Crippen LogP contribution in [0.4, 0.5) is 13.2 Å². The predicted octanol–water partition coefficient (Wildman–Crippen LogP) is 2.80. The first-order valence-corrected chi connectivity index (χ1v) is 9.14. The van der Waals surface area contributed by atoms with Crippen LogP contribution in [0.2, 0.25) is 0 Å². The minimum Gasteiger partial charge on any atom is -0.461 e. The largest absolute Gasteiger partial charge is 0.573 e. The second-order valence-electron chi connectivity index (χ2n) is 6.41. The van der Waals surface area contributed by atoms with Gasteiger partial charge in [0.05, 0.1) is 6.54 Å². The number of nitriles is 1. The molecule has 162 valence electrons. The van der Waals surface area contributed by atoms with Crippen molar-refractivity contribution >= 4 is 5.65 Å². The predicted molar refractivity (Wildman–Crippen MR) is 104 cm³/mol. The molecule has 9 nitrogen and oxygen atoms in total. The lowest BCUT2D eigenvalue weighted by Gasteiger charge is -2.09. The average molecular weight is 442 g/mol. The van der Waals surface area contributed by atoms with E-state index in [0.29, 0.717) is 16.8 Å². The van der Waals surface area contributed by atoms with Gasteiger partial charge in [0.15, 0.2) is 5.65 Å². The van der Waals surface area contributed by atoms with Crippen LogP contribution in [0, 0.1) is 11.3 Å².